The van der Waals surface area contributed by atoms with Crippen LogP contribution >= 0.6 is 0 Å². The number of hydrogen-bond acceptors (Lipinski definition) is 3. The van der Waals surface area contributed by atoms with E-state index in [1.165, 1.54) is 26.3 Å². The summed E-state index contributed by atoms with van der Waals surface area (Å²) >= 11 is 0. The molecule has 4 aromatic rings. The first kappa shape index (κ1) is 22.1. The summed E-state index contributed by atoms with van der Waals surface area (Å²) < 4.78 is 19.2. The Morgan fingerprint density at radius 2 is 1.82 bits per heavy atom. The molecule has 0 aliphatic heterocycles. The molecule has 0 saturated carbocycles. The fourth-order valence-corrected chi connectivity index (χ4v) is 3.86. The van der Waals surface area contributed by atoms with Crippen molar-refractivity contribution in [1.82, 2.24) is 10.3 Å². The summed E-state index contributed by atoms with van der Waals surface area (Å²) in [7, 11) is 3.03. The highest BCUT2D eigenvalue weighted by molar-refractivity contribution is 6.04. The van der Waals surface area contributed by atoms with Crippen molar-refractivity contribution >= 4 is 28.4 Å². The molecule has 0 radical (unpaired) electrons. The van der Waals surface area contributed by atoms with E-state index < -0.39 is 0 Å². The molecule has 3 aromatic carbocycles. The van der Waals surface area contributed by atoms with Crippen LogP contribution in [-0.2, 0) is 11.2 Å². The number of aromatic amines is 1. The molecular formula is C26H24FN3O3. The van der Waals surface area contributed by atoms with Crippen molar-refractivity contribution in [3.8, 4) is 17.0 Å². The highest BCUT2D eigenvalue weighted by atomic mass is 19.1. The number of fused-ring (bicyclic) bond motifs is 1. The van der Waals surface area contributed by atoms with Gasteiger partial charge in [-0.25, -0.2) is 4.39 Å². The molecular weight excluding hydrogens is 421 g/mol. The number of anilines is 1. The summed E-state index contributed by atoms with van der Waals surface area (Å²) in [6.45, 7) is 0. The lowest BCUT2D eigenvalue weighted by atomic mass is 10.0. The Kier molecular flexibility index (Phi) is 6.40. The molecule has 2 amide bonds. The quantitative estimate of drug-likeness (QED) is 0.378. The fraction of sp³-hybridized carbons (Fsp3) is 0.154. The van der Waals surface area contributed by atoms with Gasteiger partial charge in [0.1, 0.15) is 11.6 Å². The zero-order valence-corrected chi connectivity index (χ0v) is 18.4. The summed E-state index contributed by atoms with van der Waals surface area (Å²) in [6, 6.07) is 19.2. The van der Waals surface area contributed by atoms with Crippen molar-refractivity contribution in [2.24, 2.45) is 0 Å². The minimum atomic E-state index is -0.333. The van der Waals surface area contributed by atoms with Gasteiger partial charge in [-0.1, -0.05) is 30.3 Å². The number of benzene rings is 3. The van der Waals surface area contributed by atoms with Crippen LogP contribution in [0, 0.1) is 5.82 Å². The van der Waals surface area contributed by atoms with Crippen molar-refractivity contribution in [2.45, 2.75) is 12.8 Å². The van der Waals surface area contributed by atoms with Gasteiger partial charge in [-0.15, -0.1) is 0 Å². The topological polar surface area (TPSA) is 83.2 Å². The van der Waals surface area contributed by atoms with E-state index in [4.69, 9.17) is 4.74 Å². The fourth-order valence-electron chi connectivity index (χ4n) is 3.86. The minimum Gasteiger partial charge on any atom is -0.497 e. The van der Waals surface area contributed by atoms with E-state index in [-0.39, 0.29) is 24.1 Å². The Morgan fingerprint density at radius 1 is 1.03 bits per heavy atom. The number of carbonyl (C=O) groups is 2. The standard InChI is InChI=1S/C26H24FN3O3/c1-28-26(32)21-15-18(33-2)9-12-23(21)29-24(31)13-10-19-20-14-17(27)8-11-22(20)30-25(19)16-6-4-3-5-7-16/h3-9,11-12,14-15,30H,10,13H2,1-2H3,(H,28,32)(H,29,31). The minimum absolute atomic E-state index is 0.155. The Balaban J connectivity index is 1.60. The molecule has 0 spiro atoms. The molecule has 3 N–H and O–H groups in total. The molecule has 1 aromatic heterocycles. The van der Waals surface area contributed by atoms with Crippen LogP contribution in [0.5, 0.6) is 5.75 Å². The number of hydrogen-bond donors (Lipinski definition) is 3. The van der Waals surface area contributed by atoms with Crippen LogP contribution in [0.25, 0.3) is 22.2 Å². The van der Waals surface area contributed by atoms with E-state index in [2.05, 4.69) is 15.6 Å². The second-order valence-electron chi connectivity index (χ2n) is 7.57. The van der Waals surface area contributed by atoms with Gasteiger partial charge in [0.05, 0.1) is 18.4 Å². The molecule has 4 rings (SSSR count). The molecule has 33 heavy (non-hydrogen) atoms. The van der Waals surface area contributed by atoms with Gasteiger partial charge in [0.15, 0.2) is 0 Å². The first-order chi connectivity index (χ1) is 16.0. The number of H-pyrrole nitrogens is 1. The summed E-state index contributed by atoms with van der Waals surface area (Å²) in [4.78, 5) is 28.4. The van der Waals surface area contributed by atoms with Crippen LogP contribution in [0.3, 0.4) is 0 Å². The summed E-state index contributed by atoms with van der Waals surface area (Å²) in [6.07, 6.45) is 0.549. The monoisotopic (exact) mass is 445 g/mol. The number of methoxy groups -OCH3 is 1. The molecule has 0 aliphatic rings. The summed E-state index contributed by atoms with van der Waals surface area (Å²) in [5.41, 5.74) is 4.20. The van der Waals surface area contributed by atoms with Gasteiger partial charge in [0, 0.05) is 30.1 Å². The number of rotatable bonds is 7. The van der Waals surface area contributed by atoms with E-state index >= 15 is 0 Å². The van der Waals surface area contributed by atoms with Crippen molar-refractivity contribution < 1.29 is 18.7 Å². The number of aromatic nitrogens is 1. The molecule has 0 atom stereocenters. The van der Waals surface area contributed by atoms with Gasteiger partial charge in [-0.2, -0.15) is 0 Å². The van der Waals surface area contributed by atoms with Crippen molar-refractivity contribution in [1.29, 1.82) is 0 Å². The van der Waals surface area contributed by atoms with Crippen molar-refractivity contribution in [3.05, 3.63) is 83.7 Å². The maximum Gasteiger partial charge on any atom is 0.253 e. The lowest BCUT2D eigenvalue weighted by molar-refractivity contribution is -0.116. The number of nitrogens with one attached hydrogen (secondary N) is 3. The second-order valence-corrected chi connectivity index (χ2v) is 7.57. The highest BCUT2D eigenvalue weighted by Gasteiger charge is 2.17. The number of amides is 2. The SMILES string of the molecule is CNC(=O)c1cc(OC)ccc1NC(=O)CCc1c(-c2ccccc2)[nH]c2ccc(F)cc12. The predicted molar refractivity (Wildman–Crippen MR) is 127 cm³/mol. The third kappa shape index (κ3) is 4.72. The number of aryl methyl sites for hydroxylation is 1. The summed E-state index contributed by atoms with van der Waals surface area (Å²) in [5.74, 6) is -0.405. The highest BCUT2D eigenvalue weighted by Crippen LogP contribution is 2.32. The molecule has 1 heterocycles. The van der Waals surface area contributed by atoms with E-state index in [0.29, 0.717) is 23.4 Å². The lowest BCUT2D eigenvalue weighted by Crippen LogP contribution is -2.21. The van der Waals surface area contributed by atoms with E-state index in [1.54, 1.807) is 24.3 Å². The Bertz CT molecular complexity index is 1320. The molecule has 6 nitrogen and oxygen atoms in total. The molecule has 168 valence electrons. The van der Waals surface area contributed by atoms with Gasteiger partial charge >= 0.3 is 0 Å². The lowest BCUT2D eigenvalue weighted by Gasteiger charge is -2.12. The molecule has 0 saturated heterocycles. The maximum atomic E-state index is 14.0. The Morgan fingerprint density at radius 3 is 2.55 bits per heavy atom. The summed E-state index contributed by atoms with van der Waals surface area (Å²) in [5, 5.41) is 6.13. The Hall–Kier alpha value is -4.13. The first-order valence-electron chi connectivity index (χ1n) is 10.6. The normalized spacial score (nSPS) is 10.8. The number of ether oxygens (including phenoxy) is 1. The van der Waals surface area contributed by atoms with Crippen LogP contribution in [0.4, 0.5) is 10.1 Å². The van der Waals surface area contributed by atoms with Crippen LogP contribution < -0.4 is 15.4 Å². The molecule has 0 unspecified atom stereocenters. The van der Waals surface area contributed by atoms with Crippen molar-refractivity contribution in [2.75, 3.05) is 19.5 Å². The Labute approximate surface area is 190 Å². The molecule has 7 heteroatoms. The molecule has 0 bridgehead atoms. The van der Waals surface area contributed by atoms with Gasteiger partial charge in [0.2, 0.25) is 5.91 Å². The van der Waals surface area contributed by atoms with Gasteiger partial charge < -0.3 is 20.4 Å². The van der Waals surface area contributed by atoms with E-state index in [1.807, 2.05) is 30.3 Å². The average molecular weight is 445 g/mol. The van der Waals surface area contributed by atoms with Crippen molar-refractivity contribution in [3.63, 3.8) is 0 Å². The van der Waals surface area contributed by atoms with Crippen LogP contribution in [-0.4, -0.2) is 31.0 Å². The van der Waals surface area contributed by atoms with Crippen LogP contribution in [0.15, 0.2) is 66.7 Å². The maximum absolute atomic E-state index is 14.0. The number of carbonyl (C=O) groups excluding carboxylic acids is 2. The molecule has 0 aliphatic carbocycles. The smallest absolute Gasteiger partial charge is 0.253 e. The second kappa shape index (κ2) is 9.56. The first-order valence-corrected chi connectivity index (χ1v) is 10.6. The van der Waals surface area contributed by atoms with Crippen LogP contribution in [0.1, 0.15) is 22.3 Å². The van der Waals surface area contributed by atoms with E-state index in [9.17, 15) is 14.0 Å². The van der Waals surface area contributed by atoms with Crippen LogP contribution in [0.2, 0.25) is 0 Å². The van der Waals surface area contributed by atoms with E-state index in [0.717, 1.165) is 27.7 Å². The van der Waals surface area contributed by atoms with Gasteiger partial charge in [-0.3, -0.25) is 9.59 Å². The zero-order valence-electron chi connectivity index (χ0n) is 18.4. The average Bonchev–Trinajstić information content (AvgIpc) is 3.20. The third-order valence-electron chi connectivity index (χ3n) is 5.51. The molecule has 0 fully saturated rings. The van der Waals surface area contributed by atoms with Gasteiger partial charge in [-0.05, 0) is 53.9 Å². The number of halogens is 1. The predicted octanol–water partition coefficient (Wildman–Crippen LogP) is 4.91. The van der Waals surface area contributed by atoms with Gasteiger partial charge in [0.25, 0.3) is 5.91 Å². The largest absolute Gasteiger partial charge is 0.497 e. The zero-order chi connectivity index (χ0) is 23.4. The third-order valence-corrected chi connectivity index (χ3v) is 5.51.